The molecule has 0 heterocycles. The van der Waals surface area contributed by atoms with Crippen LogP contribution in [-0.2, 0) is 16.8 Å². The van der Waals surface area contributed by atoms with E-state index < -0.39 is 0 Å². The summed E-state index contributed by atoms with van der Waals surface area (Å²) in [5.41, 5.74) is 0.780. The van der Waals surface area contributed by atoms with Crippen LogP contribution in [0.1, 0.15) is 23.2 Å². The summed E-state index contributed by atoms with van der Waals surface area (Å²) in [4.78, 5) is 11.3. The van der Waals surface area contributed by atoms with E-state index in [-0.39, 0.29) is 22.6 Å². The van der Waals surface area contributed by atoms with Crippen LogP contribution in [-0.4, -0.2) is 11.7 Å². The van der Waals surface area contributed by atoms with Gasteiger partial charge in [0.1, 0.15) is 0 Å². The summed E-state index contributed by atoms with van der Waals surface area (Å²) >= 11 is 5.48. The van der Waals surface area contributed by atoms with Crippen LogP contribution in [0.15, 0.2) is 30.3 Å². The smallest absolute Gasteiger partial charge is 0.162 e. The Kier molecular flexibility index (Phi) is 6.95. The quantitative estimate of drug-likeness (QED) is 0.585. The molecular weight excluding hydrogens is 230 g/mol. The molecule has 3 heteroatoms. The van der Waals surface area contributed by atoms with Crippen LogP contribution in [0, 0.1) is 0 Å². The van der Waals surface area contributed by atoms with Gasteiger partial charge in [0.05, 0.1) is 0 Å². The summed E-state index contributed by atoms with van der Waals surface area (Å²) in [7, 11) is 0. The molecule has 0 fully saturated rings. The van der Waals surface area contributed by atoms with E-state index >= 15 is 0 Å². The van der Waals surface area contributed by atoms with E-state index in [4.69, 9.17) is 11.6 Å². The SMILES string of the molecule is O=C(CCCCl)c1ccccc1.[Co]. The molecule has 1 nitrogen and oxygen atoms in total. The minimum absolute atomic E-state index is 0. The molecule has 0 spiro atoms. The third kappa shape index (κ3) is 4.46. The third-order valence-electron chi connectivity index (χ3n) is 1.63. The molecule has 1 aromatic carbocycles. The van der Waals surface area contributed by atoms with Crippen molar-refractivity contribution in [1.82, 2.24) is 0 Å². The van der Waals surface area contributed by atoms with Crippen molar-refractivity contribution in [3.63, 3.8) is 0 Å². The van der Waals surface area contributed by atoms with Crippen LogP contribution in [0.3, 0.4) is 0 Å². The van der Waals surface area contributed by atoms with Gasteiger partial charge in [-0.15, -0.1) is 11.6 Å². The largest absolute Gasteiger partial charge is 0.294 e. The van der Waals surface area contributed by atoms with E-state index in [1.807, 2.05) is 30.3 Å². The number of benzene rings is 1. The minimum atomic E-state index is 0. The van der Waals surface area contributed by atoms with Gasteiger partial charge >= 0.3 is 0 Å². The topological polar surface area (TPSA) is 17.1 Å². The number of halogens is 1. The van der Waals surface area contributed by atoms with Crippen molar-refractivity contribution in [2.24, 2.45) is 0 Å². The standard InChI is InChI=1S/C10H11ClO.Co/c11-8-4-7-10(12)9-5-2-1-3-6-9;/h1-3,5-6H,4,7-8H2;. The molecule has 0 unspecified atom stereocenters. The van der Waals surface area contributed by atoms with E-state index in [9.17, 15) is 4.79 Å². The predicted octanol–water partition coefficient (Wildman–Crippen LogP) is 2.89. The number of hydrogen-bond acceptors (Lipinski definition) is 1. The summed E-state index contributed by atoms with van der Waals surface area (Å²) in [5, 5.41) is 0. The van der Waals surface area contributed by atoms with Crippen LogP contribution >= 0.6 is 11.6 Å². The molecule has 0 aliphatic heterocycles. The van der Waals surface area contributed by atoms with Gasteiger partial charge in [-0.25, -0.2) is 0 Å². The molecule has 0 amide bonds. The average molecular weight is 242 g/mol. The maximum absolute atomic E-state index is 11.3. The zero-order valence-electron chi connectivity index (χ0n) is 7.13. The molecule has 1 aromatic rings. The number of hydrogen-bond donors (Lipinski definition) is 0. The molecule has 0 atom stereocenters. The minimum Gasteiger partial charge on any atom is -0.294 e. The first kappa shape index (κ1) is 12.7. The van der Waals surface area contributed by atoms with Crippen molar-refractivity contribution in [3.8, 4) is 0 Å². The second-order valence-electron chi connectivity index (χ2n) is 2.58. The summed E-state index contributed by atoms with van der Waals surface area (Å²) in [6.45, 7) is 0. The fourth-order valence-corrected chi connectivity index (χ4v) is 1.13. The van der Waals surface area contributed by atoms with Crippen molar-refractivity contribution in [3.05, 3.63) is 35.9 Å². The summed E-state index contributed by atoms with van der Waals surface area (Å²) in [5.74, 6) is 0.731. The van der Waals surface area contributed by atoms with Crippen LogP contribution in [0.2, 0.25) is 0 Å². The number of alkyl halides is 1. The van der Waals surface area contributed by atoms with Gasteiger partial charge in [0, 0.05) is 34.6 Å². The Morgan fingerprint density at radius 3 is 2.38 bits per heavy atom. The fraction of sp³-hybridized carbons (Fsp3) is 0.300. The van der Waals surface area contributed by atoms with Crippen LogP contribution in [0.4, 0.5) is 0 Å². The first-order valence-electron chi connectivity index (χ1n) is 3.99. The van der Waals surface area contributed by atoms with Crippen molar-refractivity contribution in [2.45, 2.75) is 12.8 Å². The van der Waals surface area contributed by atoms with Gasteiger partial charge < -0.3 is 0 Å². The molecule has 0 aliphatic rings. The second kappa shape index (κ2) is 7.12. The molecule has 0 N–H and O–H groups in total. The molecule has 73 valence electrons. The summed E-state index contributed by atoms with van der Waals surface area (Å²) < 4.78 is 0. The van der Waals surface area contributed by atoms with Crippen molar-refractivity contribution in [2.75, 3.05) is 5.88 Å². The van der Waals surface area contributed by atoms with Gasteiger partial charge in [0.2, 0.25) is 0 Å². The van der Waals surface area contributed by atoms with Crippen LogP contribution in [0.25, 0.3) is 0 Å². The van der Waals surface area contributed by atoms with E-state index in [1.54, 1.807) is 0 Å². The number of ketones is 1. The van der Waals surface area contributed by atoms with Crippen LogP contribution in [0.5, 0.6) is 0 Å². The Morgan fingerprint density at radius 2 is 1.85 bits per heavy atom. The van der Waals surface area contributed by atoms with Gasteiger partial charge in [-0.1, -0.05) is 30.3 Å². The van der Waals surface area contributed by atoms with E-state index in [2.05, 4.69) is 0 Å². The van der Waals surface area contributed by atoms with E-state index in [0.29, 0.717) is 12.3 Å². The molecular formula is C10H11ClCoO. The number of Topliss-reactive ketones (excluding diaryl/α,β-unsaturated/α-hetero) is 1. The van der Waals surface area contributed by atoms with Gasteiger partial charge in [-0.2, -0.15) is 0 Å². The Balaban J connectivity index is 0.00000144. The van der Waals surface area contributed by atoms with Gasteiger partial charge in [0.15, 0.2) is 5.78 Å². The zero-order chi connectivity index (χ0) is 8.81. The molecule has 1 radical (unpaired) electrons. The van der Waals surface area contributed by atoms with Gasteiger partial charge in [-0.05, 0) is 6.42 Å². The first-order valence-corrected chi connectivity index (χ1v) is 4.52. The molecule has 0 bridgehead atoms. The van der Waals surface area contributed by atoms with E-state index in [1.165, 1.54) is 0 Å². The predicted molar refractivity (Wildman–Crippen MR) is 50.7 cm³/mol. The normalized spacial score (nSPS) is 9.00. The van der Waals surface area contributed by atoms with Crippen molar-refractivity contribution >= 4 is 17.4 Å². The Hall–Kier alpha value is -0.314. The summed E-state index contributed by atoms with van der Waals surface area (Å²) in [6, 6.07) is 9.30. The van der Waals surface area contributed by atoms with Crippen LogP contribution < -0.4 is 0 Å². The maximum Gasteiger partial charge on any atom is 0.162 e. The second-order valence-corrected chi connectivity index (χ2v) is 2.96. The fourth-order valence-electron chi connectivity index (χ4n) is 0.996. The van der Waals surface area contributed by atoms with Crippen molar-refractivity contribution < 1.29 is 21.6 Å². The zero-order valence-corrected chi connectivity index (χ0v) is 8.92. The van der Waals surface area contributed by atoms with Gasteiger partial charge in [-0.3, -0.25) is 4.79 Å². The monoisotopic (exact) mass is 241 g/mol. The van der Waals surface area contributed by atoms with Gasteiger partial charge in [0.25, 0.3) is 0 Å². The third-order valence-corrected chi connectivity index (χ3v) is 1.90. The molecule has 1 rings (SSSR count). The summed E-state index contributed by atoms with van der Waals surface area (Å²) in [6.07, 6.45) is 1.31. The first-order chi connectivity index (χ1) is 5.84. The Labute approximate surface area is 93.7 Å². The number of rotatable bonds is 4. The molecule has 0 saturated heterocycles. The number of carbonyl (C=O) groups is 1. The Bertz CT molecular complexity index is 248. The molecule has 13 heavy (non-hydrogen) atoms. The average Bonchev–Trinajstić information content (AvgIpc) is 2.15. The Morgan fingerprint density at radius 1 is 1.23 bits per heavy atom. The van der Waals surface area contributed by atoms with E-state index in [0.717, 1.165) is 12.0 Å². The maximum atomic E-state index is 11.3. The molecule has 0 saturated carbocycles. The molecule has 0 aromatic heterocycles. The van der Waals surface area contributed by atoms with Crippen molar-refractivity contribution in [1.29, 1.82) is 0 Å². The molecule has 0 aliphatic carbocycles. The number of carbonyl (C=O) groups excluding carboxylic acids is 1.